The van der Waals surface area contributed by atoms with Gasteiger partial charge in [0.1, 0.15) is 0 Å². The maximum atomic E-state index is 12.3. The van der Waals surface area contributed by atoms with E-state index >= 15 is 0 Å². The predicted molar refractivity (Wildman–Crippen MR) is 67.1 cm³/mol. The standard InChI is InChI=1S/C13H23NO4/c1-5-14(7-8-18-6-2)11(15)9-10(12(16)17)13(9,3)4/h9-10H,5-8H2,1-4H3,(H,16,17). The maximum Gasteiger partial charge on any atom is 0.307 e. The summed E-state index contributed by atoms with van der Waals surface area (Å²) in [7, 11) is 0. The van der Waals surface area contributed by atoms with Crippen LogP contribution in [0, 0.1) is 17.3 Å². The van der Waals surface area contributed by atoms with Gasteiger partial charge in [-0.1, -0.05) is 13.8 Å². The topological polar surface area (TPSA) is 66.8 Å². The second-order valence-electron chi connectivity index (χ2n) is 5.23. The normalized spacial score (nSPS) is 24.7. The molecule has 1 fully saturated rings. The molecule has 1 N–H and O–H groups in total. The summed E-state index contributed by atoms with van der Waals surface area (Å²) >= 11 is 0. The molecule has 104 valence electrons. The Hall–Kier alpha value is -1.10. The highest BCUT2D eigenvalue weighted by atomic mass is 16.5. The maximum absolute atomic E-state index is 12.3. The summed E-state index contributed by atoms with van der Waals surface area (Å²) in [4.78, 5) is 25.0. The van der Waals surface area contributed by atoms with E-state index in [4.69, 9.17) is 9.84 Å². The van der Waals surface area contributed by atoms with Crippen LogP contribution in [0.25, 0.3) is 0 Å². The van der Waals surface area contributed by atoms with E-state index in [1.54, 1.807) is 4.90 Å². The van der Waals surface area contributed by atoms with Crippen LogP contribution in [-0.2, 0) is 14.3 Å². The molecule has 1 amide bonds. The van der Waals surface area contributed by atoms with Gasteiger partial charge in [-0.05, 0) is 19.3 Å². The molecular weight excluding hydrogens is 234 g/mol. The molecule has 2 atom stereocenters. The quantitative estimate of drug-likeness (QED) is 0.697. The van der Waals surface area contributed by atoms with Gasteiger partial charge in [0.05, 0.1) is 18.4 Å². The lowest BCUT2D eigenvalue weighted by Crippen LogP contribution is -2.36. The fraction of sp³-hybridized carbons (Fsp3) is 0.846. The number of ether oxygens (including phenoxy) is 1. The Balaban J connectivity index is 2.60. The molecule has 1 aliphatic rings. The molecule has 1 rings (SSSR count). The molecule has 0 aromatic rings. The van der Waals surface area contributed by atoms with Crippen molar-refractivity contribution in [2.24, 2.45) is 17.3 Å². The van der Waals surface area contributed by atoms with Crippen molar-refractivity contribution in [2.45, 2.75) is 27.7 Å². The molecule has 1 aliphatic carbocycles. The lowest BCUT2D eigenvalue weighted by atomic mass is 10.1. The molecule has 0 heterocycles. The first-order valence-corrected chi connectivity index (χ1v) is 6.47. The van der Waals surface area contributed by atoms with Gasteiger partial charge in [0.25, 0.3) is 0 Å². The van der Waals surface area contributed by atoms with Gasteiger partial charge in [-0.3, -0.25) is 9.59 Å². The number of hydrogen-bond acceptors (Lipinski definition) is 3. The van der Waals surface area contributed by atoms with Gasteiger partial charge in [0.15, 0.2) is 0 Å². The van der Waals surface area contributed by atoms with Crippen LogP contribution in [0.3, 0.4) is 0 Å². The number of rotatable bonds is 7. The zero-order valence-electron chi connectivity index (χ0n) is 11.6. The summed E-state index contributed by atoms with van der Waals surface area (Å²) in [6.45, 7) is 9.72. The number of carbonyl (C=O) groups is 2. The molecule has 1 saturated carbocycles. The zero-order chi connectivity index (χ0) is 13.9. The van der Waals surface area contributed by atoms with Crippen molar-refractivity contribution in [1.29, 1.82) is 0 Å². The van der Waals surface area contributed by atoms with E-state index in [0.717, 1.165) is 0 Å². The van der Waals surface area contributed by atoms with E-state index in [-0.39, 0.29) is 5.91 Å². The summed E-state index contributed by atoms with van der Waals surface area (Å²) in [6.07, 6.45) is 0. The predicted octanol–water partition coefficient (Wildman–Crippen LogP) is 1.23. The minimum absolute atomic E-state index is 0.0606. The van der Waals surface area contributed by atoms with Crippen molar-refractivity contribution in [2.75, 3.05) is 26.3 Å². The first kappa shape index (κ1) is 15.0. The Morgan fingerprint density at radius 1 is 1.28 bits per heavy atom. The van der Waals surface area contributed by atoms with E-state index in [2.05, 4.69) is 0 Å². The molecule has 2 unspecified atom stereocenters. The Morgan fingerprint density at radius 3 is 2.28 bits per heavy atom. The lowest BCUT2D eigenvalue weighted by Gasteiger charge is -2.21. The number of amides is 1. The number of likely N-dealkylation sites (N-methyl/N-ethyl adjacent to an activating group) is 1. The number of nitrogens with zero attached hydrogens (tertiary/aromatic N) is 1. The van der Waals surface area contributed by atoms with E-state index < -0.39 is 23.2 Å². The molecule has 0 aromatic heterocycles. The van der Waals surface area contributed by atoms with Gasteiger partial charge in [0.2, 0.25) is 5.91 Å². The number of carboxylic acids is 1. The minimum atomic E-state index is -0.876. The van der Waals surface area contributed by atoms with Crippen LogP contribution in [0.5, 0.6) is 0 Å². The van der Waals surface area contributed by atoms with Crippen LogP contribution in [-0.4, -0.2) is 48.2 Å². The van der Waals surface area contributed by atoms with Crippen molar-refractivity contribution < 1.29 is 19.4 Å². The average Bonchev–Trinajstić information content (AvgIpc) is 2.87. The largest absolute Gasteiger partial charge is 0.481 e. The summed E-state index contributed by atoms with van der Waals surface area (Å²) in [6, 6.07) is 0. The molecule has 0 spiro atoms. The highest BCUT2D eigenvalue weighted by Gasteiger charge is 2.66. The molecule has 5 nitrogen and oxygen atoms in total. The monoisotopic (exact) mass is 257 g/mol. The lowest BCUT2D eigenvalue weighted by molar-refractivity contribution is -0.142. The number of hydrogen-bond donors (Lipinski definition) is 1. The van der Waals surface area contributed by atoms with Crippen LogP contribution in [0.1, 0.15) is 27.7 Å². The Morgan fingerprint density at radius 2 is 1.89 bits per heavy atom. The second kappa shape index (κ2) is 5.69. The first-order chi connectivity index (χ1) is 8.37. The highest BCUT2D eigenvalue weighted by Crippen LogP contribution is 2.58. The second-order valence-corrected chi connectivity index (χ2v) is 5.23. The van der Waals surface area contributed by atoms with Gasteiger partial charge in [0, 0.05) is 19.7 Å². The number of carboxylic acid groups (broad SMARTS) is 1. The summed E-state index contributed by atoms with van der Waals surface area (Å²) in [5.74, 6) is -1.88. The molecule has 0 saturated heterocycles. The van der Waals surface area contributed by atoms with Gasteiger partial charge < -0.3 is 14.7 Å². The molecular formula is C13H23NO4. The van der Waals surface area contributed by atoms with Crippen LogP contribution < -0.4 is 0 Å². The van der Waals surface area contributed by atoms with Crippen LogP contribution in [0.15, 0.2) is 0 Å². The fourth-order valence-electron chi connectivity index (χ4n) is 2.50. The molecule has 18 heavy (non-hydrogen) atoms. The van der Waals surface area contributed by atoms with Crippen molar-refractivity contribution in [3.05, 3.63) is 0 Å². The van der Waals surface area contributed by atoms with Gasteiger partial charge in [-0.15, -0.1) is 0 Å². The molecule has 0 radical (unpaired) electrons. The third-order valence-corrected chi connectivity index (χ3v) is 3.76. The van der Waals surface area contributed by atoms with E-state index in [0.29, 0.717) is 26.3 Å². The van der Waals surface area contributed by atoms with Crippen LogP contribution in [0.4, 0.5) is 0 Å². The molecule has 0 aromatic carbocycles. The smallest absolute Gasteiger partial charge is 0.307 e. The highest BCUT2D eigenvalue weighted by molar-refractivity contribution is 5.91. The van der Waals surface area contributed by atoms with Crippen LogP contribution in [0.2, 0.25) is 0 Å². The fourth-order valence-corrected chi connectivity index (χ4v) is 2.50. The molecule has 0 bridgehead atoms. The van der Waals surface area contributed by atoms with Crippen molar-refractivity contribution in [1.82, 2.24) is 4.90 Å². The van der Waals surface area contributed by atoms with Crippen LogP contribution >= 0.6 is 0 Å². The SMILES string of the molecule is CCOCCN(CC)C(=O)C1C(C(=O)O)C1(C)C. The van der Waals surface area contributed by atoms with E-state index in [1.165, 1.54) is 0 Å². The number of aliphatic carboxylic acids is 1. The van der Waals surface area contributed by atoms with Gasteiger partial charge in [-0.25, -0.2) is 0 Å². The van der Waals surface area contributed by atoms with E-state index in [9.17, 15) is 9.59 Å². The third-order valence-electron chi connectivity index (χ3n) is 3.76. The third kappa shape index (κ3) is 2.83. The van der Waals surface area contributed by atoms with Gasteiger partial charge in [-0.2, -0.15) is 0 Å². The molecule has 5 heteroatoms. The Bertz CT molecular complexity index is 327. The molecule has 0 aliphatic heterocycles. The van der Waals surface area contributed by atoms with Crippen molar-refractivity contribution in [3.63, 3.8) is 0 Å². The summed E-state index contributed by atoms with van der Waals surface area (Å²) in [5, 5.41) is 9.08. The van der Waals surface area contributed by atoms with E-state index in [1.807, 2.05) is 27.7 Å². The van der Waals surface area contributed by atoms with Crippen molar-refractivity contribution >= 4 is 11.9 Å². The summed E-state index contributed by atoms with van der Waals surface area (Å²) in [5.41, 5.74) is -0.429. The summed E-state index contributed by atoms with van der Waals surface area (Å²) < 4.78 is 5.23. The Kier molecular flexibility index (Phi) is 4.73. The Labute approximate surface area is 108 Å². The minimum Gasteiger partial charge on any atom is -0.481 e. The van der Waals surface area contributed by atoms with Crippen molar-refractivity contribution in [3.8, 4) is 0 Å². The number of carbonyl (C=O) groups excluding carboxylic acids is 1. The average molecular weight is 257 g/mol. The zero-order valence-corrected chi connectivity index (χ0v) is 11.6. The first-order valence-electron chi connectivity index (χ1n) is 6.47. The van der Waals surface area contributed by atoms with Gasteiger partial charge >= 0.3 is 5.97 Å².